The van der Waals surface area contributed by atoms with Gasteiger partial charge in [-0.05, 0) is 50.2 Å². The molecule has 0 aliphatic heterocycles. The van der Waals surface area contributed by atoms with E-state index in [2.05, 4.69) is 0 Å². The van der Waals surface area contributed by atoms with Crippen LogP contribution in [0.3, 0.4) is 0 Å². The van der Waals surface area contributed by atoms with Gasteiger partial charge in [0.15, 0.2) is 0 Å². The van der Waals surface area contributed by atoms with Gasteiger partial charge in [0.2, 0.25) is 0 Å². The normalized spacial score (nSPS) is 11.1. The molecule has 4 rings (SSSR count). The summed E-state index contributed by atoms with van der Waals surface area (Å²) in [5.41, 5.74) is 1.64. The summed E-state index contributed by atoms with van der Waals surface area (Å²) in [5, 5.41) is 1.60. The van der Waals surface area contributed by atoms with E-state index in [0.29, 0.717) is 23.4 Å². The lowest BCUT2D eigenvalue weighted by Gasteiger charge is -2.20. The number of methoxy groups -OCH3 is 1. The molecule has 1 amide bonds. The quantitative estimate of drug-likeness (QED) is 0.473. The van der Waals surface area contributed by atoms with E-state index in [0.717, 1.165) is 27.0 Å². The number of aromatic nitrogens is 1. The van der Waals surface area contributed by atoms with Crippen LogP contribution in [0, 0.1) is 0 Å². The predicted octanol–water partition coefficient (Wildman–Crippen LogP) is 4.91. The Kier molecular flexibility index (Phi) is 5.11. The zero-order chi connectivity index (χ0) is 20.5. The van der Waals surface area contributed by atoms with E-state index in [1.54, 1.807) is 22.6 Å². The zero-order valence-electron chi connectivity index (χ0n) is 16.6. The van der Waals surface area contributed by atoms with Crippen LogP contribution in [0.2, 0.25) is 0 Å². The van der Waals surface area contributed by atoms with E-state index in [1.165, 1.54) is 11.3 Å². The Labute approximate surface area is 172 Å². The molecule has 0 N–H and O–H groups in total. The predicted molar refractivity (Wildman–Crippen MR) is 120 cm³/mol. The summed E-state index contributed by atoms with van der Waals surface area (Å²) in [4.78, 5) is 28.6. The maximum Gasteiger partial charge on any atom is 0.268 e. The van der Waals surface area contributed by atoms with Gasteiger partial charge in [0.1, 0.15) is 5.75 Å². The summed E-state index contributed by atoms with van der Waals surface area (Å²) in [6.45, 7) is 5.01. The second-order valence-electron chi connectivity index (χ2n) is 6.67. The molecule has 0 bridgehead atoms. The van der Waals surface area contributed by atoms with E-state index in [-0.39, 0.29) is 11.5 Å². The van der Waals surface area contributed by atoms with E-state index < -0.39 is 0 Å². The van der Waals surface area contributed by atoms with E-state index in [1.807, 2.05) is 62.4 Å². The van der Waals surface area contributed by atoms with Gasteiger partial charge in [-0.3, -0.25) is 9.59 Å². The van der Waals surface area contributed by atoms with Crippen molar-refractivity contribution < 1.29 is 9.53 Å². The summed E-state index contributed by atoms with van der Waals surface area (Å²) in [5.74, 6) is 0.635. The highest BCUT2D eigenvalue weighted by Crippen LogP contribution is 2.32. The van der Waals surface area contributed by atoms with Gasteiger partial charge in [0.25, 0.3) is 11.5 Å². The van der Waals surface area contributed by atoms with Crippen LogP contribution in [0.15, 0.2) is 59.4 Å². The highest BCUT2D eigenvalue weighted by atomic mass is 32.1. The Bertz CT molecular complexity index is 1260. The van der Waals surface area contributed by atoms with Crippen molar-refractivity contribution in [1.29, 1.82) is 0 Å². The third-order valence-electron chi connectivity index (χ3n) is 5.12. The molecule has 2 aromatic carbocycles. The highest BCUT2D eigenvalue weighted by Gasteiger charge is 2.21. The first kappa shape index (κ1) is 19.2. The summed E-state index contributed by atoms with van der Waals surface area (Å²) < 4.78 is 7.83. The second-order valence-corrected chi connectivity index (χ2v) is 7.72. The minimum absolute atomic E-state index is 0.0519. The molecule has 0 radical (unpaired) electrons. The molecule has 29 heavy (non-hydrogen) atoms. The number of ether oxygens (including phenoxy) is 1. The molecule has 0 unspecified atom stereocenters. The minimum Gasteiger partial charge on any atom is -0.497 e. The van der Waals surface area contributed by atoms with E-state index in [9.17, 15) is 9.59 Å². The van der Waals surface area contributed by atoms with Crippen molar-refractivity contribution in [2.24, 2.45) is 0 Å². The molecular formula is C23H22N2O3S. The number of nitrogens with zero attached hydrogens (tertiary/aromatic N) is 2. The number of anilines is 1. The third-order valence-corrected chi connectivity index (χ3v) is 6.28. The molecule has 2 heterocycles. The van der Waals surface area contributed by atoms with Gasteiger partial charge >= 0.3 is 0 Å². The third kappa shape index (κ3) is 3.19. The SMILES string of the molecule is CCN(C(=O)c1cc2c(=O)n(CC)c3ccccc3c2s1)c1ccc(OC)cc1. The van der Waals surface area contributed by atoms with Crippen LogP contribution >= 0.6 is 11.3 Å². The Morgan fingerprint density at radius 2 is 1.79 bits per heavy atom. The first-order valence-corrected chi connectivity index (χ1v) is 10.4. The van der Waals surface area contributed by atoms with Crippen molar-refractivity contribution in [3.63, 3.8) is 0 Å². The Balaban J connectivity index is 1.85. The average molecular weight is 407 g/mol. The lowest BCUT2D eigenvalue weighted by molar-refractivity contribution is 0.0992. The standard InChI is InChI=1S/C23H22N2O3S/c1-4-24(15-10-12-16(28-3)13-11-15)23(27)20-14-18-21(29-20)17-8-6-7-9-19(17)25(5-2)22(18)26/h6-14H,4-5H2,1-3H3. The monoisotopic (exact) mass is 406 g/mol. The van der Waals surface area contributed by atoms with Crippen LogP contribution in [-0.2, 0) is 6.54 Å². The van der Waals surface area contributed by atoms with Gasteiger partial charge in [0, 0.05) is 28.9 Å². The zero-order valence-corrected chi connectivity index (χ0v) is 17.5. The molecule has 5 nitrogen and oxygen atoms in total. The Hall–Kier alpha value is -3.12. The van der Waals surface area contributed by atoms with Crippen LogP contribution in [0.1, 0.15) is 23.5 Å². The van der Waals surface area contributed by atoms with Crippen LogP contribution in [0.4, 0.5) is 5.69 Å². The highest BCUT2D eigenvalue weighted by molar-refractivity contribution is 7.21. The summed E-state index contributed by atoms with van der Waals surface area (Å²) >= 11 is 1.39. The number of pyridine rings is 1. The molecule has 0 spiro atoms. The van der Waals surface area contributed by atoms with Crippen LogP contribution < -0.4 is 15.2 Å². The molecule has 4 aromatic rings. The smallest absolute Gasteiger partial charge is 0.268 e. The number of fused-ring (bicyclic) bond motifs is 3. The maximum atomic E-state index is 13.3. The van der Waals surface area contributed by atoms with Crippen molar-refractivity contribution in [2.45, 2.75) is 20.4 Å². The number of hydrogen-bond acceptors (Lipinski definition) is 4. The molecule has 6 heteroatoms. The van der Waals surface area contributed by atoms with Crippen molar-refractivity contribution in [3.05, 3.63) is 69.8 Å². The molecular weight excluding hydrogens is 384 g/mol. The number of carbonyl (C=O) groups is 1. The number of rotatable bonds is 5. The lowest BCUT2D eigenvalue weighted by Crippen LogP contribution is -2.29. The van der Waals surface area contributed by atoms with Crippen LogP contribution in [-0.4, -0.2) is 24.1 Å². The molecule has 0 saturated carbocycles. The average Bonchev–Trinajstić information content (AvgIpc) is 3.21. The van der Waals surface area contributed by atoms with Gasteiger partial charge in [-0.2, -0.15) is 0 Å². The second kappa shape index (κ2) is 7.72. The van der Waals surface area contributed by atoms with E-state index >= 15 is 0 Å². The minimum atomic E-state index is -0.106. The number of benzene rings is 2. The van der Waals surface area contributed by atoms with Gasteiger partial charge in [0.05, 0.1) is 22.9 Å². The molecule has 0 aliphatic carbocycles. The number of para-hydroxylation sites is 1. The summed E-state index contributed by atoms with van der Waals surface area (Å²) in [7, 11) is 1.61. The first-order chi connectivity index (χ1) is 14.1. The molecule has 0 saturated heterocycles. The fourth-order valence-corrected chi connectivity index (χ4v) is 4.80. The molecule has 2 aromatic heterocycles. The van der Waals surface area contributed by atoms with Gasteiger partial charge in [-0.1, -0.05) is 18.2 Å². The van der Waals surface area contributed by atoms with Gasteiger partial charge in [-0.15, -0.1) is 11.3 Å². The molecule has 148 valence electrons. The van der Waals surface area contributed by atoms with Gasteiger partial charge < -0.3 is 14.2 Å². The number of aryl methyl sites for hydroxylation is 1. The van der Waals surface area contributed by atoms with Crippen molar-refractivity contribution in [1.82, 2.24) is 4.57 Å². The van der Waals surface area contributed by atoms with Gasteiger partial charge in [-0.25, -0.2) is 0 Å². The molecule has 0 atom stereocenters. The number of carbonyl (C=O) groups excluding carboxylic acids is 1. The number of hydrogen-bond donors (Lipinski definition) is 0. The first-order valence-electron chi connectivity index (χ1n) is 9.60. The largest absolute Gasteiger partial charge is 0.497 e. The van der Waals surface area contributed by atoms with Crippen LogP contribution in [0.5, 0.6) is 5.75 Å². The lowest BCUT2D eigenvalue weighted by atomic mass is 10.1. The Morgan fingerprint density at radius 1 is 1.07 bits per heavy atom. The molecule has 0 aliphatic rings. The fourth-order valence-electron chi connectivity index (χ4n) is 3.66. The fraction of sp³-hybridized carbons (Fsp3) is 0.217. The molecule has 0 fully saturated rings. The summed E-state index contributed by atoms with van der Waals surface area (Å²) in [6, 6.07) is 17.0. The van der Waals surface area contributed by atoms with E-state index in [4.69, 9.17) is 4.74 Å². The number of amides is 1. The van der Waals surface area contributed by atoms with Crippen molar-refractivity contribution >= 4 is 43.9 Å². The van der Waals surface area contributed by atoms with Crippen LogP contribution in [0.25, 0.3) is 21.0 Å². The number of thiophene rings is 1. The topological polar surface area (TPSA) is 51.5 Å². The maximum absolute atomic E-state index is 13.3. The summed E-state index contributed by atoms with van der Waals surface area (Å²) in [6.07, 6.45) is 0. The van der Waals surface area contributed by atoms with Crippen molar-refractivity contribution in [3.8, 4) is 5.75 Å². The Morgan fingerprint density at radius 3 is 2.45 bits per heavy atom. The van der Waals surface area contributed by atoms with Crippen molar-refractivity contribution in [2.75, 3.05) is 18.6 Å².